The molecule has 1 aromatic carbocycles. The van der Waals surface area contributed by atoms with Crippen molar-refractivity contribution in [2.45, 2.75) is 18.4 Å². The third-order valence-corrected chi connectivity index (χ3v) is 3.16. The summed E-state index contributed by atoms with van der Waals surface area (Å²) in [6, 6.07) is 4.84. The van der Waals surface area contributed by atoms with Gasteiger partial charge in [-0.3, -0.25) is 4.79 Å². The molecule has 1 fully saturated rings. The minimum absolute atomic E-state index is 0.0453. The maximum absolute atomic E-state index is 11.8. The molecule has 0 spiro atoms. The third kappa shape index (κ3) is 1.65. The number of carbonyl (C=O) groups excluding carboxylic acids is 1. The highest BCUT2D eigenvalue weighted by Gasteiger charge is 2.46. The van der Waals surface area contributed by atoms with Crippen molar-refractivity contribution in [1.82, 2.24) is 0 Å². The number of ketones is 1. The van der Waals surface area contributed by atoms with E-state index in [1.807, 2.05) is 0 Å². The van der Waals surface area contributed by atoms with Crippen LogP contribution in [0.5, 0.6) is 0 Å². The number of hydrogen-bond donors (Lipinski definition) is 1. The number of carbonyl (C=O) groups is 1. The molecule has 2 nitrogen and oxygen atoms in total. The molecule has 1 saturated carbocycles. The molecule has 4 heteroatoms. The summed E-state index contributed by atoms with van der Waals surface area (Å²) in [5.41, 5.74) is 5.68. The predicted molar refractivity (Wildman–Crippen MR) is 56.9 cm³/mol. The summed E-state index contributed by atoms with van der Waals surface area (Å²) < 4.78 is 0. The van der Waals surface area contributed by atoms with Gasteiger partial charge in [0.25, 0.3) is 0 Å². The molecule has 2 rings (SSSR count). The summed E-state index contributed by atoms with van der Waals surface area (Å²) in [5.74, 6) is -0.0453. The van der Waals surface area contributed by atoms with Gasteiger partial charge in [0.15, 0.2) is 5.78 Å². The number of Topliss-reactive ketones (excluding diaryl/α,β-unsaturated/α-hetero) is 1. The fraction of sp³-hybridized carbons (Fsp3) is 0.300. The lowest BCUT2D eigenvalue weighted by Crippen LogP contribution is -2.32. The lowest BCUT2D eigenvalue weighted by molar-refractivity contribution is 0.0949. The Bertz CT molecular complexity index is 399. The summed E-state index contributed by atoms with van der Waals surface area (Å²) >= 11 is 11.5. The van der Waals surface area contributed by atoms with Crippen molar-refractivity contribution < 1.29 is 4.79 Å². The van der Waals surface area contributed by atoms with Crippen molar-refractivity contribution in [2.24, 2.45) is 5.73 Å². The molecule has 14 heavy (non-hydrogen) atoms. The Balaban J connectivity index is 2.33. The fourth-order valence-electron chi connectivity index (χ4n) is 1.29. The van der Waals surface area contributed by atoms with Gasteiger partial charge in [0.05, 0.1) is 15.6 Å². The summed E-state index contributed by atoms with van der Waals surface area (Å²) in [6.45, 7) is 0. The lowest BCUT2D eigenvalue weighted by atomic mass is 10.0. The van der Waals surface area contributed by atoms with Crippen LogP contribution in [0.3, 0.4) is 0 Å². The van der Waals surface area contributed by atoms with Crippen molar-refractivity contribution in [2.75, 3.05) is 0 Å². The summed E-state index contributed by atoms with van der Waals surface area (Å²) in [4.78, 5) is 11.8. The van der Waals surface area contributed by atoms with Gasteiger partial charge in [-0.15, -0.1) is 0 Å². The maximum Gasteiger partial charge on any atom is 0.182 e. The van der Waals surface area contributed by atoms with Crippen LogP contribution in [0.25, 0.3) is 0 Å². The first-order valence-electron chi connectivity index (χ1n) is 4.32. The quantitative estimate of drug-likeness (QED) is 0.793. The predicted octanol–water partition coefficient (Wildman–Crippen LogP) is 2.67. The Morgan fingerprint density at radius 2 is 1.93 bits per heavy atom. The number of benzene rings is 1. The topological polar surface area (TPSA) is 43.1 Å². The molecule has 2 N–H and O–H groups in total. The maximum atomic E-state index is 11.8. The first-order valence-corrected chi connectivity index (χ1v) is 5.07. The van der Waals surface area contributed by atoms with Crippen LogP contribution in [-0.2, 0) is 0 Å². The molecular weight excluding hydrogens is 221 g/mol. The molecule has 0 radical (unpaired) electrons. The number of hydrogen-bond acceptors (Lipinski definition) is 2. The Kier molecular flexibility index (Phi) is 2.30. The van der Waals surface area contributed by atoms with E-state index in [1.165, 1.54) is 0 Å². The smallest absolute Gasteiger partial charge is 0.182 e. The van der Waals surface area contributed by atoms with Crippen molar-refractivity contribution >= 4 is 29.0 Å². The van der Waals surface area contributed by atoms with Crippen LogP contribution in [-0.4, -0.2) is 11.3 Å². The minimum Gasteiger partial charge on any atom is -0.319 e. The van der Waals surface area contributed by atoms with Crippen LogP contribution in [0, 0.1) is 0 Å². The first-order chi connectivity index (χ1) is 6.53. The minimum atomic E-state index is -0.642. The van der Waals surface area contributed by atoms with Gasteiger partial charge in [-0.25, -0.2) is 0 Å². The SMILES string of the molecule is NC1(C(=O)c2ccc(Cl)c(Cl)c2)CC1. The van der Waals surface area contributed by atoms with Gasteiger partial charge in [-0.2, -0.15) is 0 Å². The summed E-state index contributed by atoms with van der Waals surface area (Å²) in [5, 5.41) is 0.840. The molecule has 0 unspecified atom stereocenters. The third-order valence-electron chi connectivity index (χ3n) is 2.42. The van der Waals surface area contributed by atoms with Crippen LogP contribution < -0.4 is 5.73 Å². The highest BCUT2D eigenvalue weighted by Crippen LogP contribution is 2.36. The van der Waals surface area contributed by atoms with Crippen LogP contribution in [0.1, 0.15) is 23.2 Å². The molecule has 0 bridgehead atoms. The normalized spacial score (nSPS) is 17.9. The van der Waals surface area contributed by atoms with Crippen molar-refractivity contribution in [3.63, 3.8) is 0 Å². The Morgan fingerprint density at radius 1 is 1.29 bits per heavy atom. The zero-order chi connectivity index (χ0) is 10.3. The zero-order valence-electron chi connectivity index (χ0n) is 7.39. The molecule has 0 atom stereocenters. The summed E-state index contributed by atoms with van der Waals surface area (Å²) in [7, 11) is 0. The first kappa shape index (κ1) is 9.97. The Hall–Kier alpha value is -0.570. The van der Waals surface area contributed by atoms with Crippen LogP contribution >= 0.6 is 23.2 Å². The van der Waals surface area contributed by atoms with Crippen molar-refractivity contribution in [3.8, 4) is 0 Å². The van der Waals surface area contributed by atoms with Crippen LogP contribution in [0.4, 0.5) is 0 Å². The van der Waals surface area contributed by atoms with E-state index < -0.39 is 5.54 Å². The second-order valence-corrected chi connectivity index (χ2v) is 4.43. The van der Waals surface area contributed by atoms with E-state index in [0.717, 1.165) is 12.8 Å². The van der Waals surface area contributed by atoms with Gasteiger partial charge in [0.1, 0.15) is 0 Å². The second-order valence-electron chi connectivity index (χ2n) is 3.61. The molecule has 0 heterocycles. The molecule has 0 amide bonds. The number of rotatable bonds is 2. The average molecular weight is 230 g/mol. The highest BCUT2D eigenvalue weighted by molar-refractivity contribution is 6.42. The van der Waals surface area contributed by atoms with Gasteiger partial charge >= 0.3 is 0 Å². The largest absolute Gasteiger partial charge is 0.319 e. The molecule has 1 aliphatic rings. The van der Waals surface area contributed by atoms with Gasteiger partial charge < -0.3 is 5.73 Å². The lowest BCUT2D eigenvalue weighted by Gasteiger charge is -2.07. The summed E-state index contributed by atoms with van der Waals surface area (Å²) in [6.07, 6.45) is 1.51. The van der Waals surface area contributed by atoms with E-state index in [2.05, 4.69) is 0 Å². The van der Waals surface area contributed by atoms with Gasteiger partial charge in [-0.1, -0.05) is 23.2 Å². The van der Waals surface area contributed by atoms with E-state index in [9.17, 15) is 4.79 Å². The highest BCUT2D eigenvalue weighted by atomic mass is 35.5. The van der Waals surface area contributed by atoms with Gasteiger partial charge in [0.2, 0.25) is 0 Å². The molecule has 0 saturated heterocycles. The van der Waals surface area contributed by atoms with E-state index in [4.69, 9.17) is 28.9 Å². The second kappa shape index (κ2) is 3.23. The molecule has 1 aliphatic carbocycles. The van der Waals surface area contributed by atoms with Gasteiger partial charge in [0, 0.05) is 5.56 Å². The van der Waals surface area contributed by atoms with Crippen molar-refractivity contribution in [1.29, 1.82) is 0 Å². The van der Waals surface area contributed by atoms with Crippen LogP contribution in [0.2, 0.25) is 10.0 Å². The van der Waals surface area contributed by atoms with E-state index in [0.29, 0.717) is 15.6 Å². The monoisotopic (exact) mass is 229 g/mol. The number of halogens is 2. The number of nitrogens with two attached hydrogens (primary N) is 1. The molecular formula is C10H9Cl2NO. The standard InChI is InChI=1S/C10H9Cl2NO/c11-7-2-1-6(5-8(7)12)9(14)10(13)3-4-10/h1-2,5H,3-4,13H2. The Morgan fingerprint density at radius 3 is 2.43 bits per heavy atom. The van der Waals surface area contributed by atoms with Crippen molar-refractivity contribution in [3.05, 3.63) is 33.8 Å². The van der Waals surface area contributed by atoms with E-state index in [1.54, 1.807) is 18.2 Å². The molecule has 74 valence electrons. The van der Waals surface area contributed by atoms with E-state index >= 15 is 0 Å². The molecule has 0 aromatic heterocycles. The van der Waals surface area contributed by atoms with Crippen LogP contribution in [0.15, 0.2) is 18.2 Å². The van der Waals surface area contributed by atoms with Gasteiger partial charge in [-0.05, 0) is 31.0 Å². The average Bonchev–Trinajstić information content (AvgIpc) is 2.89. The molecule has 0 aliphatic heterocycles. The zero-order valence-corrected chi connectivity index (χ0v) is 8.90. The molecule has 1 aromatic rings. The fourth-order valence-corrected chi connectivity index (χ4v) is 1.58. The Labute approximate surface area is 92.0 Å². The van der Waals surface area contributed by atoms with E-state index in [-0.39, 0.29) is 5.78 Å².